The van der Waals surface area contributed by atoms with Crippen LogP contribution in [0.25, 0.3) is 5.76 Å². The van der Waals surface area contributed by atoms with Crippen molar-refractivity contribution in [1.82, 2.24) is 9.80 Å². The Balaban J connectivity index is 2.07. The van der Waals surface area contributed by atoms with E-state index in [1.807, 2.05) is 19.0 Å². The summed E-state index contributed by atoms with van der Waals surface area (Å²) in [5.41, 5.74) is 0.436. The van der Waals surface area contributed by atoms with Gasteiger partial charge in [-0.05, 0) is 58.3 Å². The summed E-state index contributed by atoms with van der Waals surface area (Å²) in [7, 11) is 5.42. The van der Waals surface area contributed by atoms with Crippen molar-refractivity contribution in [1.29, 1.82) is 0 Å². The van der Waals surface area contributed by atoms with Gasteiger partial charge in [0.2, 0.25) is 0 Å². The second-order valence-corrected chi connectivity index (χ2v) is 7.33. The smallest absolute Gasteiger partial charge is 0.295 e. The number of aliphatic hydroxyl groups is 1. The number of benzene rings is 1. The lowest BCUT2D eigenvalue weighted by atomic mass is 9.99. The predicted octanol–water partition coefficient (Wildman–Crippen LogP) is 2.97. The van der Waals surface area contributed by atoms with Crippen molar-refractivity contribution in [2.24, 2.45) is 0 Å². The third kappa shape index (κ3) is 4.19. The minimum atomic E-state index is -0.767. The summed E-state index contributed by atoms with van der Waals surface area (Å²) >= 11 is 0. The Morgan fingerprint density at radius 3 is 2.62 bits per heavy atom. The average Bonchev–Trinajstić information content (AvgIpc) is 3.23. The number of carbonyl (C=O) groups excluding carboxylic acids is 2. The van der Waals surface area contributed by atoms with Crippen LogP contribution in [0, 0.1) is 6.92 Å². The van der Waals surface area contributed by atoms with Crippen molar-refractivity contribution in [3.63, 3.8) is 0 Å². The van der Waals surface area contributed by atoms with Crippen LogP contribution in [-0.4, -0.2) is 60.9 Å². The van der Waals surface area contributed by atoms with Gasteiger partial charge < -0.3 is 24.1 Å². The number of hydrogen-bond donors (Lipinski definition) is 1. The van der Waals surface area contributed by atoms with Crippen molar-refractivity contribution >= 4 is 17.4 Å². The largest absolute Gasteiger partial charge is 0.507 e. The number of hydrogen-bond acceptors (Lipinski definition) is 6. The summed E-state index contributed by atoms with van der Waals surface area (Å²) in [5, 5.41) is 11.0. The zero-order valence-corrected chi connectivity index (χ0v) is 17.1. The monoisotopic (exact) mass is 398 g/mol. The molecular weight excluding hydrogens is 372 g/mol. The first-order valence-electron chi connectivity index (χ1n) is 9.47. The van der Waals surface area contributed by atoms with Gasteiger partial charge in [0.05, 0.1) is 12.7 Å². The molecule has 1 aromatic carbocycles. The van der Waals surface area contributed by atoms with Crippen molar-refractivity contribution < 1.29 is 23.8 Å². The fourth-order valence-corrected chi connectivity index (χ4v) is 3.49. The van der Waals surface area contributed by atoms with Gasteiger partial charge in [-0.1, -0.05) is 12.1 Å². The van der Waals surface area contributed by atoms with Gasteiger partial charge >= 0.3 is 0 Å². The SMILES string of the molecule is COc1cccc(/C(O)=C2\C(=O)C(=O)N(CCCN(C)C)[C@H]2c2ccc(C)o2)c1. The van der Waals surface area contributed by atoms with Gasteiger partial charge in [0.25, 0.3) is 11.7 Å². The van der Waals surface area contributed by atoms with E-state index in [0.29, 0.717) is 35.8 Å². The molecule has 7 nitrogen and oxygen atoms in total. The first kappa shape index (κ1) is 20.7. The first-order chi connectivity index (χ1) is 13.8. The van der Waals surface area contributed by atoms with E-state index in [1.54, 1.807) is 43.3 Å². The topological polar surface area (TPSA) is 83.2 Å². The molecule has 2 heterocycles. The maximum Gasteiger partial charge on any atom is 0.295 e. The number of methoxy groups -OCH3 is 1. The zero-order valence-electron chi connectivity index (χ0n) is 17.1. The van der Waals surface area contributed by atoms with E-state index in [0.717, 1.165) is 6.54 Å². The zero-order chi connectivity index (χ0) is 21.1. The Bertz CT molecular complexity index is 944. The number of ether oxygens (including phenoxy) is 1. The van der Waals surface area contributed by atoms with Crippen molar-refractivity contribution in [3.8, 4) is 5.75 Å². The van der Waals surface area contributed by atoms with E-state index in [1.165, 1.54) is 12.0 Å². The van der Waals surface area contributed by atoms with Gasteiger partial charge in [-0.2, -0.15) is 0 Å². The van der Waals surface area contributed by atoms with E-state index >= 15 is 0 Å². The lowest BCUT2D eigenvalue weighted by Crippen LogP contribution is -2.32. The quantitative estimate of drug-likeness (QED) is 0.439. The maximum atomic E-state index is 12.9. The van der Waals surface area contributed by atoms with Crippen LogP contribution >= 0.6 is 0 Å². The lowest BCUT2D eigenvalue weighted by molar-refractivity contribution is -0.140. The number of Topliss-reactive ketones (excluding diaryl/α,β-unsaturated/α-hetero) is 1. The number of furan rings is 1. The van der Waals surface area contributed by atoms with Crippen molar-refractivity contribution in [2.45, 2.75) is 19.4 Å². The standard InChI is InChI=1S/C22H26N2O5/c1-14-9-10-17(29-14)19-18(20(25)15-7-5-8-16(13-15)28-4)21(26)22(27)24(19)12-6-11-23(2)3/h5,7-10,13,19,25H,6,11-12H2,1-4H3/b20-18+/t19-/m0/s1. The summed E-state index contributed by atoms with van der Waals surface area (Å²) < 4.78 is 11.0. The normalized spacial score (nSPS) is 18.7. The van der Waals surface area contributed by atoms with Gasteiger partial charge in [-0.3, -0.25) is 9.59 Å². The van der Waals surface area contributed by atoms with Crippen LogP contribution < -0.4 is 4.74 Å². The van der Waals surface area contributed by atoms with Gasteiger partial charge in [0.1, 0.15) is 29.1 Å². The van der Waals surface area contributed by atoms with Crippen molar-refractivity contribution in [3.05, 3.63) is 59.1 Å². The third-order valence-electron chi connectivity index (χ3n) is 4.92. The molecule has 154 valence electrons. The van der Waals surface area contributed by atoms with E-state index in [-0.39, 0.29) is 11.3 Å². The molecule has 29 heavy (non-hydrogen) atoms. The number of likely N-dealkylation sites (tertiary alicyclic amines) is 1. The Morgan fingerprint density at radius 2 is 2.00 bits per heavy atom. The third-order valence-corrected chi connectivity index (χ3v) is 4.92. The van der Waals surface area contributed by atoms with E-state index in [2.05, 4.69) is 0 Å². The van der Waals surface area contributed by atoms with Crippen LogP contribution in [0.2, 0.25) is 0 Å². The molecule has 1 saturated heterocycles. The summed E-state index contributed by atoms with van der Waals surface area (Å²) in [5.74, 6) is 0.0776. The highest BCUT2D eigenvalue weighted by Gasteiger charge is 2.47. The number of aryl methyl sites for hydroxylation is 1. The molecule has 0 bridgehead atoms. The summed E-state index contributed by atoms with van der Waals surface area (Å²) in [6, 6.07) is 9.50. The molecule has 1 aromatic heterocycles. The average molecular weight is 398 g/mol. The minimum Gasteiger partial charge on any atom is -0.507 e. The molecule has 3 rings (SSSR count). The van der Waals surface area contributed by atoms with Gasteiger partial charge in [-0.15, -0.1) is 0 Å². The number of aliphatic hydroxyl groups excluding tert-OH is 1. The first-order valence-corrected chi connectivity index (χ1v) is 9.47. The van der Waals surface area contributed by atoms with E-state index in [9.17, 15) is 14.7 Å². The Hall–Kier alpha value is -3.06. The molecule has 1 atom stereocenters. The molecule has 0 unspecified atom stereocenters. The number of ketones is 1. The maximum absolute atomic E-state index is 12.9. The minimum absolute atomic E-state index is 0.0301. The lowest BCUT2D eigenvalue weighted by Gasteiger charge is -2.24. The number of amides is 1. The Morgan fingerprint density at radius 1 is 1.24 bits per heavy atom. The molecular formula is C22H26N2O5. The summed E-state index contributed by atoms with van der Waals surface area (Å²) in [6.45, 7) is 2.94. The molecule has 0 aliphatic carbocycles. The van der Waals surface area contributed by atoms with Crippen LogP contribution in [0.4, 0.5) is 0 Å². The number of rotatable bonds is 7. The molecule has 7 heteroatoms. The molecule has 0 saturated carbocycles. The highest BCUT2D eigenvalue weighted by atomic mass is 16.5. The molecule has 1 aliphatic heterocycles. The number of carbonyl (C=O) groups is 2. The van der Waals surface area contributed by atoms with E-state index in [4.69, 9.17) is 9.15 Å². The summed E-state index contributed by atoms with van der Waals surface area (Å²) in [4.78, 5) is 29.2. The Kier molecular flexibility index (Phi) is 6.08. The fraction of sp³-hybridized carbons (Fsp3) is 0.364. The molecule has 1 aliphatic rings. The molecule has 1 N–H and O–H groups in total. The molecule has 1 fully saturated rings. The molecule has 2 aromatic rings. The second-order valence-electron chi connectivity index (χ2n) is 7.33. The van der Waals surface area contributed by atoms with Crippen LogP contribution in [0.1, 0.15) is 29.5 Å². The number of nitrogens with zero attached hydrogens (tertiary/aromatic N) is 2. The Labute approximate surface area is 170 Å². The van der Waals surface area contributed by atoms with Crippen LogP contribution in [0.5, 0.6) is 5.75 Å². The molecule has 0 spiro atoms. The highest BCUT2D eigenvalue weighted by molar-refractivity contribution is 6.46. The highest BCUT2D eigenvalue weighted by Crippen LogP contribution is 2.40. The van der Waals surface area contributed by atoms with Crippen LogP contribution in [-0.2, 0) is 9.59 Å². The van der Waals surface area contributed by atoms with Gasteiger partial charge in [-0.25, -0.2) is 0 Å². The van der Waals surface area contributed by atoms with E-state index < -0.39 is 17.7 Å². The fourth-order valence-electron chi connectivity index (χ4n) is 3.49. The van der Waals surface area contributed by atoms with Gasteiger partial charge in [0, 0.05) is 12.1 Å². The summed E-state index contributed by atoms with van der Waals surface area (Å²) in [6.07, 6.45) is 0.690. The van der Waals surface area contributed by atoms with Gasteiger partial charge in [0.15, 0.2) is 0 Å². The molecule has 1 amide bonds. The van der Waals surface area contributed by atoms with Crippen LogP contribution in [0.15, 0.2) is 46.4 Å². The van der Waals surface area contributed by atoms with Crippen LogP contribution in [0.3, 0.4) is 0 Å². The second kappa shape index (κ2) is 8.53. The molecule has 0 radical (unpaired) electrons. The predicted molar refractivity (Wildman–Crippen MR) is 109 cm³/mol. The van der Waals surface area contributed by atoms with Crippen molar-refractivity contribution in [2.75, 3.05) is 34.3 Å².